The zero-order valence-corrected chi connectivity index (χ0v) is 32.1. The second-order valence-electron chi connectivity index (χ2n) is 15.2. The predicted molar refractivity (Wildman–Crippen MR) is 248 cm³/mol. The highest BCUT2D eigenvalue weighted by Gasteiger charge is 2.32. The van der Waals surface area contributed by atoms with Crippen LogP contribution >= 0.6 is 0 Å². The van der Waals surface area contributed by atoms with Crippen molar-refractivity contribution >= 4 is 68.6 Å². The van der Waals surface area contributed by atoms with Crippen molar-refractivity contribution in [2.45, 2.75) is 0 Å². The lowest BCUT2D eigenvalue weighted by atomic mass is 9.57. The Morgan fingerprint density at radius 3 is 1.73 bits per heavy atom. The Balaban J connectivity index is 1.13. The molecule has 10 aromatic rings. The van der Waals surface area contributed by atoms with Gasteiger partial charge in [0, 0.05) is 39.5 Å². The molecule has 0 amide bonds. The highest BCUT2D eigenvalue weighted by Crippen LogP contribution is 2.46. The fourth-order valence-electron chi connectivity index (χ4n) is 8.71. The van der Waals surface area contributed by atoms with Crippen LogP contribution in [0.1, 0.15) is 0 Å². The number of phenolic OH excluding ortho intramolecular Hbond substituents is 1. The normalized spacial score (nSPS) is 11.9. The molecule has 0 atom stereocenters. The fraction of sp³-hybridized carbons (Fsp3) is 0. The van der Waals surface area contributed by atoms with Crippen LogP contribution in [-0.4, -0.2) is 12.4 Å². The monoisotopic (exact) mass is 756 g/mol. The molecule has 1 aromatic heterocycles. The van der Waals surface area contributed by atoms with Crippen LogP contribution in [-0.2, 0) is 0 Å². The van der Waals surface area contributed by atoms with Gasteiger partial charge in [-0.15, -0.1) is 0 Å². The Hall–Kier alpha value is -7.76. The molecule has 11 rings (SSSR count). The van der Waals surface area contributed by atoms with Crippen LogP contribution < -0.4 is 21.1 Å². The standard InChI is InChI=1S/C54H37BN2O2/c58-43-29-30-44(49(33-43)56-41-25-20-38(21-26-41)35-12-4-1-5-13-35)46-34-47-45-18-10-11-19-51(45)59-54(47)53-52(46)55-48-32-40(37-16-8-3-9-17-37)24-31-50(48)57(53)42-27-22-39(23-28-42)36-14-6-2-7-15-36/h1-34,55-56,58H. The smallest absolute Gasteiger partial charge is 0.198 e. The molecule has 2 heterocycles. The van der Waals surface area contributed by atoms with E-state index in [0.717, 1.165) is 78.1 Å². The second kappa shape index (κ2) is 14.3. The maximum absolute atomic E-state index is 11.0. The molecule has 1 aliphatic heterocycles. The van der Waals surface area contributed by atoms with Crippen molar-refractivity contribution in [2.24, 2.45) is 0 Å². The summed E-state index contributed by atoms with van der Waals surface area (Å²) in [6.45, 7) is 0. The van der Waals surface area contributed by atoms with Gasteiger partial charge in [-0.25, -0.2) is 0 Å². The fourth-order valence-corrected chi connectivity index (χ4v) is 8.71. The van der Waals surface area contributed by atoms with Gasteiger partial charge >= 0.3 is 0 Å². The van der Waals surface area contributed by atoms with Crippen LogP contribution in [0.2, 0.25) is 0 Å². The third-order valence-electron chi connectivity index (χ3n) is 11.6. The molecule has 0 fully saturated rings. The molecule has 0 unspecified atom stereocenters. The first kappa shape index (κ1) is 34.5. The van der Waals surface area contributed by atoms with Gasteiger partial charge in [0.1, 0.15) is 11.3 Å². The molecule has 5 heteroatoms. The maximum Gasteiger partial charge on any atom is 0.198 e. The second-order valence-corrected chi connectivity index (χ2v) is 15.2. The van der Waals surface area contributed by atoms with Crippen LogP contribution in [0.4, 0.5) is 28.4 Å². The number of para-hydroxylation sites is 1. The number of aromatic hydroxyl groups is 1. The SMILES string of the molecule is Oc1ccc(-c2cc3c(oc4ccccc43)c3c2Bc2cc(-c4ccccc4)ccc2N3c2ccc(-c3ccccc3)cc2)c(Nc2ccc(-c3ccccc3)cc2)c1. The number of rotatable bonds is 7. The van der Waals surface area contributed by atoms with Gasteiger partial charge in [-0.1, -0.05) is 151 Å². The van der Waals surface area contributed by atoms with Gasteiger partial charge in [-0.05, 0) is 99.0 Å². The Bertz CT molecular complexity index is 3140. The topological polar surface area (TPSA) is 48.6 Å². The van der Waals surface area contributed by atoms with Crippen molar-refractivity contribution in [3.8, 4) is 50.3 Å². The van der Waals surface area contributed by atoms with Gasteiger partial charge in [0.05, 0.1) is 11.4 Å². The Labute approximate surface area is 343 Å². The molecule has 0 spiro atoms. The summed E-state index contributed by atoms with van der Waals surface area (Å²) in [5, 5.41) is 16.8. The molecule has 0 bridgehead atoms. The zero-order chi connectivity index (χ0) is 39.3. The average molecular weight is 757 g/mol. The Morgan fingerprint density at radius 2 is 1.05 bits per heavy atom. The molecular formula is C54H37BN2O2. The van der Waals surface area contributed by atoms with Crippen LogP contribution in [0.5, 0.6) is 5.75 Å². The van der Waals surface area contributed by atoms with Gasteiger partial charge in [0.2, 0.25) is 0 Å². The van der Waals surface area contributed by atoms with Crippen LogP contribution in [0.15, 0.2) is 211 Å². The lowest BCUT2D eigenvalue weighted by Gasteiger charge is -2.35. The van der Waals surface area contributed by atoms with Crippen molar-refractivity contribution < 1.29 is 9.52 Å². The number of hydrogen-bond donors (Lipinski definition) is 2. The van der Waals surface area contributed by atoms with E-state index in [1.807, 2.05) is 24.3 Å². The summed E-state index contributed by atoms with van der Waals surface area (Å²) in [5.74, 6) is 0.193. The van der Waals surface area contributed by atoms with E-state index in [1.54, 1.807) is 6.07 Å². The van der Waals surface area contributed by atoms with E-state index in [-0.39, 0.29) is 5.75 Å². The first-order valence-electron chi connectivity index (χ1n) is 20.0. The van der Waals surface area contributed by atoms with E-state index in [4.69, 9.17) is 4.42 Å². The summed E-state index contributed by atoms with van der Waals surface area (Å²) in [7, 11) is 0.679. The summed E-state index contributed by atoms with van der Waals surface area (Å²) in [4.78, 5) is 2.39. The number of fused-ring (bicyclic) bond motifs is 6. The number of nitrogens with one attached hydrogen (secondary N) is 1. The maximum atomic E-state index is 11.0. The third kappa shape index (κ3) is 6.21. The highest BCUT2D eigenvalue weighted by atomic mass is 16.3. The molecule has 0 aliphatic carbocycles. The van der Waals surface area contributed by atoms with Crippen molar-refractivity contribution in [1.82, 2.24) is 0 Å². The van der Waals surface area contributed by atoms with Gasteiger partial charge in [0.15, 0.2) is 12.9 Å². The summed E-state index contributed by atoms with van der Waals surface area (Å²) in [5.41, 5.74) is 18.0. The largest absolute Gasteiger partial charge is 0.508 e. The molecule has 278 valence electrons. The minimum atomic E-state index is 0.193. The Kier molecular flexibility index (Phi) is 8.37. The Morgan fingerprint density at radius 1 is 0.475 bits per heavy atom. The molecule has 1 aliphatic rings. The highest BCUT2D eigenvalue weighted by molar-refractivity contribution is 6.74. The van der Waals surface area contributed by atoms with E-state index in [9.17, 15) is 5.11 Å². The first-order valence-corrected chi connectivity index (χ1v) is 20.0. The summed E-state index contributed by atoms with van der Waals surface area (Å²) in [6.07, 6.45) is 0. The van der Waals surface area contributed by atoms with E-state index in [2.05, 4.69) is 186 Å². The predicted octanol–water partition coefficient (Wildman–Crippen LogP) is 12.9. The van der Waals surface area contributed by atoms with Crippen molar-refractivity contribution in [1.29, 1.82) is 0 Å². The van der Waals surface area contributed by atoms with E-state index >= 15 is 0 Å². The number of furan rings is 1. The zero-order valence-electron chi connectivity index (χ0n) is 32.1. The molecule has 9 aromatic carbocycles. The minimum Gasteiger partial charge on any atom is -0.508 e. The van der Waals surface area contributed by atoms with Gasteiger partial charge in [0.25, 0.3) is 0 Å². The lowest BCUT2D eigenvalue weighted by Crippen LogP contribution is -2.41. The lowest BCUT2D eigenvalue weighted by molar-refractivity contribution is 0.475. The van der Waals surface area contributed by atoms with Crippen LogP contribution in [0, 0.1) is 0 Å². The average Bonchev–Trinajstić information content (AvgIpc) is 3.68. The van der Waals surface area contributed by atoms with E-state index in [0.29, 0.717) is 7.28 Å². The molecule has 0 saturated carbocycles. The summed E-state index contributed by atoms with van der Waals surface area (Å²) < 4.78 is 6.89. The molecule has 0 radical (unpaired) electrons. The number of anilines is 5. The van der Waals surface area contributed by atoms with E-state index in [1.165, 1.54) is 27.7 Å². The molecule has 0 saturated heterocycles. The van der Waals surface area contributed by atoms with Crippen molar-refractivity contribution in [2.75, 3.05) is 10.2 Å². The van der Waals surface area contributed by atoms with Crippen molar-refractivity contribution in [3.63, 3.8) is 0 Å². The van der Waals surface area contributed by atoms with Gasteiger partial charge in [-0.3, -0.25) is 0 Å². The van der Waals surface area contributed by atoms with Gasteiger partial charge in [-0.2, -0.15) is 0 Å². The number of phenols is 1. The number of benzene rings is 9. The molecule has 2 N–H and O–H groups in total. The molecular weight excluding hydrogens is 719 g/mol. The quantitative estimate of drug-likeness (QED) is 0.159. The van der Waals surface area contributed by atoms with Crippen LogP contribution in [0.25, 0.3) is 66.4 Å². The van der Waals surface area contributed by atoms with Crippen LogP contribution in [0.3, 0.4) is 0 Å². The van der Waals surface area contributed by atoms with E-state index < -0.39 is 0 Å². The summed E-state index contributed by atoms with van der Waals surface area (Å²) >= 11 is 0. The number of nitrogens with zero attached hydrogens (tertiary/aromatic N) is 1. The van der Waals surface area contributed by atoms with Gasteiger partial charge < -0.3 is 19.7 Å². The molecule has 4 nitrogen and oxygen atoms in total. The first-order chi connectivity index (χ1) is 29.1. The number of hydrogen-bond acceptors (Lipinski definition) is 4. The summed E-state index contributed by atoms with van der Waals surface area (Å²) in [6, 6.07) is 71.9. The third-order valence-corrected chi connectivity index (χ3v) is 11.6. The van der Waals surface area contributed by atoms with Crippen molar-refractivity contribution in [3.05, 3.63) is 206 Å². The molecule has 59 heavy (non-hydrogen) atoms. The minimum absolute atomic E-state index is 0.193.